The Labute approximate surface area is 161 Å². The van der Waals surface area contributed by atoms with Crippen LogP contribution in [-0.4, -0.2) is 69.9 Å². The molecule has 9 heteroatoms. The molecule has 0 unspecified atom stereocenters. The van der Waals surface area contributed by atoms with Gasteiger partial charge in [0.25, 0.3) is 0 Å². The highest BCUT2D eigenvalue weighted by atomic mass is 16.5. The summed E-state index contributed by atoms with van der Waals surface area (Å²) in [5.74, 6) is -3.34. The van der Waals surface area contributed by atoms with Crippen LogP contribution in [-0.2, 0) is 4.74 Å². The zero-order valence-electron chi connectivity index (χ0n) is 14.9. The second-order valence-corrected chi connectivity index (χ2v) is 4.89. The molecule has 5 N–H and O–H groups in total. The fourth-order valence-corrected chi connectivity index (χ4v) is 1.67. The third-order valence-electron chi connectivity index (χ3n) is 2.88. The molecule has 2 aromatic carbocycles. The standard InChI is InChI=1S/C8H6O4.C7H6O2.C4H10O3/c9-7(10)5-3-1-2-4-6(5)8(11)12;8-7(9)6-4-2-1-3-5-6;5-1-3-7-4-2-6/h1-4H,(H,9,10)(H,11,12);1-5H,(H,8,9);5-6H,1-4H2. The molecular formula is C19H22O9. The number of carboxylic acids is 3. The number of hydrogen-bond acceptors (Lipinski definition) is 6. The van der Waals surface area contributed by atoms with Gasteiger partial charge in [-0.3, -0.25) is 0 Å². The Morgan fingerprint density at radius 1 is 0.643 bits per heavy atom. The van der Waals surface area contributed by atoms with Crippen LogP contribution in [0.25, 0.3) is 0 Å². The van der Waals surface area contributed by atoms with E-state index in [1.54, 1.807) is 30.3 Å². The molecule has 9 nitrogen and oxygen atoms in total. The first-order valence-corrected chi connectivity index (χ1v) is 7.98. The molecule has 2 rings (SSSR count). The first-order valence-electron chi connectivity index (χ1n) is 7.98. The lowest BCUT2D eigenvalue weighted by molar-refractivity contribution is 0.0650. The normalized spacial score (nSPS) is 9.21. The van der Waals surface area contributed by atoms with Crippen molar-refractivity contribution in [2.45, 2.75) is 0 Å². The highest BCUT2D eigenvalue weighted by Crippen LogP contribution is 2.07. The van der Waals surface area contributed by atoms with E-state index in [2.05, 4.69) is 4.74 Å². The van der Waals surface area contributed by atoms with Gasteiger partial charge in [0.2, 0.25) is 0 Å². The quantitative estimate of drug-likeness (QED) is 0.438. The Morgan fingerprint density at radius 2 is 1.04 bits per heavy atom. The number of carbonyl (C=O) groups is 3. The molecule has 0 spiro atoms. The molecule has 0 bridgehead atoms. The Morgan fingerprint density at radius 3 is 1.32 bits per heavy atom. The minimum atomic E-state index is -1.23. The monoisotopic (exact) mass is 394 g/mol. The maximum atomic E-state index is 10.5. The van der Waals surface area contributed by atoms with E-state index < -0.39 is 17.9 Å². The van der Waals surface area contributed by atoms with Gasteiger partial charge in [-0.1, -0.05) is 30.3 Å². The zero-order valence-corrected chi connectivity index (χ0v) is 14.9. The minimum Gasteiger partial charge on any atom is -0.478 e. The maximum Gasteiger partial charge on any atom is 0.336 e. The smallest absolute Gasteiger partial charge is 0.336 e. The lowest BCUT2D eigenvalue weighted by Crippen LogP contribution is -2.06. The molecule has 28 heavy (non-hydrogen) atoms. The number of benzene rings is 2. The summed E-state index contributed by atoms with van der Waals surface area (Å²) >= 11 is 0. The second-order valence-electron chi connectivity index (χ2n) is 4.89. The van der Waals surface area contributed by atoms with Gasteiger partial charge in [0.15, 0.2) is 0 Å². The van der Waals surface area contributed by atoms with Crippen LogP contribution < -0.4 is 0 Å². The number of ether oxygens (including phenoxy) is 1. The highest BCUT2D eigenvalue weighted by Gasteiger charge is 2.13. The number of rotatable bonds is 7. The summed E-state index contributed by atoms with van der Waals surface area (Å²) in [6, 6.07) is 13.8. The molecule has 152 valence electrons. The predicted molar refractivity (Wildman–Crippen MR) is 98.8 cm³/mol. The van der Waals surface area contributed by atoms with E-state index in [1.165, 1.54) is 24.3 Å². The molecule has 0 saturated heterocycles. The molecule has 0 heterocycles. The van der Waals surface area contributed by atoms with Gasteiger partial charge < -0.3 is 30.3 Å². The predicted octanol–water partition coefficient (Wildman–Crippen LogP) is 1.46. The van der Waals surface area contributed by atoms with E-state index >= 15 is 0 Å². The van der Waals surface area contributed by atoms with Crippen molar-refractivity contribution in [2.75, 3.05) is 26.4 Å². The van der Waals surface area contributed by atoms with Crippen molar-refractivity contribution in [3.63, 3.8) is 0 Å². The Kier molecular flexibility index (Phi) is 13.1. The van der Waals surface area contributed by atoms with Gasteiger partial charge in [-0.15, -0.1) is 0 Å². The Balaban J connectivity index is 0.000000408. The lowest BCUT2D eigenvalue weighted by atomic mass is 10.1. The van der Waals surface area contributed by atoms with Crippen molar-refractivity contribution >= 4 is 17.9 Å². The first-order chi connectivity index (χ1) is 13.3. The van der Waals surface area contributed by atoms with E-state index in [4.69, 9.17) is 25.5 Å². The van der Waals surface area contributed by atoms with Crippen LogP contribution >= 0.6 is 0 Å². The second kappa shape index (κ2) is 14.9. The molecule has 0 aliphatic heterocycles. The molecule has 0 saturated carbocycles. The summed E-state index contributed by atoms with van der Waals surface area (Å²) in [6.07, 6.45) is 0. The van der Waals surface area contributed by atoms with Crippen molar-refractivity contribution in [1.82, 2.24) is 0 Å². The van der Waals surface area contributed by atoms with Crippen LogP contribution in [0.2, 0.25) is 0 Å². The van der Waals surface area contributed by atoms with Crippen molar-refractivity contribution in [1.29, 1.82) is 0 Å². The lowest BCUT2D eigenvalue weighted by Gasteiger charge is -1.98. The van der Waals surface area contributed by atoms with Crippen molar-refractivity contribution in [3.8, 4) is 0 Å². The third-order valence-corrected chi connectivity index (χ3v) is 2.88. The van der Waals surface area contributed by atoms with Crippen molar-refractivity contribution in [2.24, 2.45) is 0 Å². The maximum absolute atomic E-state index is 10.5. The number of carboxylic acid groups (broad SMARTS) is 3. The highest BCUT2D eigenvalue weighted by molar-refractivity contribution is 6.01. The molecular weight excluding hydrogens is 372 g/mol. The van der Waals surface area contributed by atoms with Gasteiger partial charge in [-0.2, -0.15) is 0 Å². The average molecular weight is 394 g/mol. The van der Waals surface area contributed by atoms with Crippen LogP contribution in [0.15, 0.2) is 54.6 Å². The summed E-state index contributed by atoms with van der Waals surface area (Å²) in [7, 11) is 0. The summed E-state index contributed by atoms with van der Waals surface area (Å²) < 4.78 is 4.63. The largest absolute Gasteiger partial charge is 0.478 e. The summed E-state index contributed by atoms with van der Waals surface area (Å²) in [6.45, 7) is 0.696. The molecule has 0 aliphatic rings. The molecule has 2 aromatic rings. The van der Waals surface area contributed by atoms with Crippen LogP contribution in [0.1, 0.15) is 31.1 Å². The topological polar surface area (TPSA) is 162 Å². The zero-order chi connectivity index (χ0) is 21.4. The van der Waals surface area contributed by atoms with Crippen LogP contribution in [0, 0.1) is 0 Å². The fraction of sp³-hybridized carbons (Fsp3) is 0.211. The van der Waals surface area contributed by atoms with E-state index in [0.717, 1.165) is 0 Å². The van der Waals surface area contributed by atoms with Gasteiger partial charge in [-0.05, 0) is 24.3 Å². The molecule has 0 aliphatic carbocycles. The van der Waals surface area contributed by atoms with E-state index in [1.807, 2.05) is 0 Å². The Hall–Kier alpha value is -3.27. The van der Waals surface area contributed by atoms with Crippen LogP contribution in [0.3, 0.4) is 0 Å². The Bertz CT molecular complexity index is 692. The molecule has 0 radical (unpaired) electrons. The SMILES string of the molecule is O=C(O)c1ccccc1.O=C(O)c1ccccc1C(=O)O.OCCOCCO. The fourth-order valence-electron chi connectivity index (χ4n) is 1.67. The number of aromatic carboxylic acids is 3. The molecule has 0 atom stereocenters. The van der Waals surface area contributed by atoms with Gasteiger partial charge in [-0.25, -0.2) is 14.4 Å². The van der Waals surface area contributed by atoms with E-state index in [-0.39, 0.29) is 24.3 Å². The van der Waals surface area contributed by atoms with Crippen LogP contribution in [0.4, 0.5) is 0 Å². The minimum absolute atomic E-state index is 0.0278. The van der Waals surface area contributed by atoms with Gasteiger partial charge in [0.05, 0.1) is 43.1 Å². The number of aliphatic hydroxyl groups is 2. The third kappa shape index (κ3) is 10.7. The van der Waals surface area contributed by atoms with E-state index in [9.17, 15) is 14.4 Å². The number of aliphatic hydroxyl groups excluding tert-OH is 2. The van der Waals surface area contributed by atoms with Gasteiger partial charge in [0, 0.05) is 0 Å². The van der Waals surface area contributed by atoms with Gasteiger partial charge >= 0.3 is 17.9 Å². The molecule has 0 amide bonds. The summed E-state index contributed by atoms with van der Waals surface area (Å²) in [5, 5.41) is 41.7. The molecule has 0 aromatic heterocycles. The first kappa shape index (κ1) is 24.7. The summed E-state index contributed by atoms with van der Waals surface area (Å²) in [5.41, 5.74) is -0.0486. The average Bonchev–Trinajstić information content (AvgIpc) is 2.70. The van der Waals surface area contributed by atoms with Crippen LogP contribution in [0.5, 0.6) is 0 Å². The van der Waals surface area contributed by atoms with Crippen molar-refractivity contribution in [3.05, 3.63) is 71.3 Å². The van der Waals surface area contributed by atoms with Gasteiger partial charge in [0.1, 0.15) is 0 Å². The molecule has 0 fully saturated rings. The number of hydrogen-bond donors (Lipinski definition) is 5. The summed E-state index contributed by atoms with van der Waals surface area (Å²) in [4.78, 5) is 31.1. The van der Waals surface area contributed by atoms with E-state index in [0.29, 0.717) is 18.8 Å². The van der Waals surface area contributed by atoms with Crippen molar-refractivity contribution < 1.29 is 44.7 Å².